The number of hydrogen-bond donors (Lipinski definition) is 2. The monoisotopic (exact) mass is 245 g/mol. The van der Waals surface area contributed by atoms with Crippen LogP contribution in [-0.2, 0) is 13.5 Å². The van der Waals surface area contributed by atoms with Gasteiger partial charge in [-0.2, -0.15) is 5.10 Å². The summed E-state index contributed by atoms with van der Waals surface area (Å²) in [7, 11) is 1.79. The van der Waals surface area contributed by atoms with Gasteiger partial charge < -0.3 is 11.1 Å². The maximum absolute atomic E-state index is 12.0. The van der Waals surface area contributed by atoms with Crippen LogP contribution in [0.15, 0.2) is 24.5 Å². The van der Waals surface area contributed by atoms with Crippen molar-refractivity contribution in [2.24, 2.45) is 7.05 Å². The Bertz CT molecular complexity index is 576. The second-order valence-corrected chi connectivity index (χ2v) is 3.98. The molecule has 2 aromatic heterocycles. The van der Waals surface area contributed by atoms with Crippen LogP contribution in [0.3, 0.4) is 0 Å². The van der Waals surface area contributed by atoms with E-state index in [1.807, 2.05) is 6.92 Å². The number of aromatic nitrogens is 3. The van der Waals surface area contributed by atoms with Crippen molar-refractivity contribution in [1.29, 1.82) is 0 Å². The SMILES string of the molecule is CCc1cc(C(=O)Nc2cnn(C)c2)cc(N)n1. The van der Waals surface area contributed by atoms with Crippen LogP contribution < -0.4 is 11.1 Å². The zero-order chi connectivity index (χ0) is 13.1. The van der Waals surface area contributed by atoms with Crippen molar-refractivity contribution in [2.45, 2.75) is 13.3 Å². The molecule has 0 bridgehead atoms. The van der Waals surface area contributed by atoms with Crippen molar-refractivity contribution in [3.8, 4) is 0 Å². The summed E-state index contributed by atoms with van der Waals surface area (Å²) in [5, 5.41) is 6.73. The van der Waals surface area contributed by atoms with Gasteiger partial charge in [-0.25, -0.2) is 4.98 Å². The molecule has 2 heterocycles. The molecule has 6 heteroatoms. The topological polar surface area (TPSA) is 85.8 Å². The van der Waals surface area contributed by atoms with E-state index >= 15 is 0 Å². The van der Waals surface area contributed by atoms with Crippen molar-refractivity contribution in [3.05, 3.63) is 35.8 Å². The van der Waals surface area contributed by atoms with Crippen LogP contribution in [0.5, 0.6) is 0 Å². The van der Waals surface area contributed by atoms with Crippen LogP contribution in [0.2, 0.25) is 0 Å². The number of hydrogen-bond acceptors (Lipinski definition) is 4. The molecule has 2 aromatic rings. The molecule has 0 aliphatic heterocycles. The molecule has 1 amide bonds. The standard InChI is InChI=1S/C12H15N5O/c1-3-9-4-8(5-11(13)15-9)12(18)16-10-6-14-17(2)7-10/h4-7H,3H2,1-2H3,(H2,13,15)(H,16,18). The van der Waals surface area contributed by atoms with Crippen LogP contribution in [-0.4, -0.2) is 20.7 Å². The van der Waals surface area contributed by atoms with E-state index in [0.717, 1.165) is 12.1 Å². The van der Waals surface area contributed by atoms with E-state index in [1.54, 1.807) is 36.3 Å². The number of amides is 1. The Labute approximate surface area is 105 Å². The lowest BCUT2D eigenvalue weighted by molar-refractivity contribution is 0.102. The largest absolute Gasteiger partial charge is 0.384 e. The van der Waals surface area contributed by atoms with E-state index in [0.29, 0.717) is 17.1 Å². The average molecular weight is 245 g/mol. The second kappa shape index (κ2) is 4.87. The van der Waals surface area contributed by atoms with Crippen molar-refractivity contribution in [1.82, 2.24) is 14.8 Å². The van der Waals surface area contributed by atoms with Crippen molar-refractivity contribution >= 4 is 17.4 Å². The molecule has 0 saturated heterocycles. The van der Waals surface area contributed by atoms with Crippen LogP contribution in [0.25, 0.3) is 0 Å². The number of nitrogens with two attached hydrogens (primary N) is 1. The Morgan fingerprint density at radius 2 is 2.28 bits per heavy atom. The predicted molar refractivity (Wildman–Crippen MR) is 69.2 cm³/mol. The molecule has 0 unspecified atom stereocenters. The Morgan fingerprint density at radius 3 is 2.89 bits per heavy atom. The van der Waals surface area contributed by atoms with Crippen molar-refractivity contribution < 1.29 is 4.79 Å². The van der Waals surface area contributed by atoms with Crippen LogP contribution in [0.1, 0.15) is 23.0 Å². The molecule has 0 aliphatic rings. The van der Waals surface area contributed by atoms with Gasteiger partial charge >= 0.3 is 0 Å². The minimum Gasteiger partial charge on any atom is -0.384 e. The second-order valence-electron chi connectivity index (χ2n) is 3.98. The highest BCUT2D eigenvalue weighted by molar-refractivity contribution is 6.04. The number of carbonyl (C=O) groups excluding carboxylic acids is 1. The van der Waals surface area contributed by atoms with Crippen molar-refractivity contribution in [3.63, 3.8) is 0 Å². The number of rotatable bonds is 3. The number of nitrogen functional groups attached to an aromatic ring is 1. The lowest BCUT2D eigenvalue weighted by Gasteiger charge is -2.05. The summed E-state index contributed by atoms with van der Waals surface area (Å²) in [6.07, 6.45) is 4.05. The summed E-state index contributed by atoms with van der Waals surface area (Å²) < 4.78 is 1.62. The Morgan fingerprint density at radius 1 is 1.50 bits per heavy atom. The van der Waals surface area contributed by atoms with E-state index < -0.39 is 0 Å². The first-order chi connectivity index (χ1) is 8.58. The molecular formula is C12H15N5O. The molecule has 0 aliphatic carbocycles. The predicted octanol–water partition coefficient (Wildman–Crippen LogP) is 1.21. The van der Waals surface area contributed by atoms with Gasteiger partial charge in [0.05, 0.1) is 11.9 Å². The average Bonchev–Trinajstić information content (AvgIpc) is 2.73. The van der Waals surface area contributed by atoms with Crippen LogP contribution >= 0.6 is 0 Å². The van der Waals surface area contributed by atoms with E-state index in [2.05, 4.69) is 15.4 Å². The minimum atomic E-state index is -0.216. The third-order valence-corrected chi connectivity index (χ3v) is 2.49. The fourth-order valence-corrected chi connectivity index (χ4v) is 1.61. The molecule has 0 spiro atoms. The van der Waals surface area contributed by atoms with E-state index in [4.69, 9.17) is 5.73 Å². The quantitative estimate of drug-likeness (QED) is 0.851. The molecule has 94 valence electrons. The first kappa shape index (κ1) is 12.1. The van der Waals surface area contributed by atoms with Crippen LogP contribution in [0, 0.1) is 0 Å². The number of pyridine rings is 1. The minimum absolute atomic E-state index is 0.216. The van der Waals surface area contributed by atoms with Crippen molar-refractivity contribution in [2.75, 3.05) is 11.1 Å². The van der Waals surface area contributed by atoms with Gasteiger partial charge in [0.25, 0.3) is 5.91 Å². The fraction of sp³-hybridized carbons (Fsp3) is 0.250. The number of aryl methyl sites for hydroxylation is 2. The molecule has 0 radical (unpaired) electrons. The molecule has 0 saturated carbocycles. The summed E-state index contributed by atoms with van der Waals surface area (Å²) in [5.41, 5.74) is 7.61. The zero-order valence-electron chi connectivity index (χ0n) is 10.3. The highest BCUT2D eigenvalue weighted by Gasteiger charge is 2.09. The number of nitrogens with one attached hydrogen (secondary N) is 1. The molecule has 18 heavy (non-hydrogen) atoms. The molecular weight excluding hydrogens is 230 g/mol. The van der Waals surface area contributed by atoms with Gasteiger partial charge in [-0.05, 0) is 18.6 Å². The molecule has 0 atom stereocenters. The van der Waals surface area contributed by atoms with E-state index in [9.17, 15) is 4.79 Å². The lowest BCUT2D eigenvalue weighted by atomic mass is 10.2. The number of carbonyl (C=O) groups is 1. The maximum atomic E-state index is 12.0. The van der Waals surface area contributed by atoms with Gasteiger partial charge in [-0.1, -0.05) is 6.92 Å². The zero-order valence-corrected chi connectivity index (χ0v) is 10.3. The Hall–Kier alpha value is -2.37. The molecule has 0 aromatic carbocycles. The fourth-order valence-electron chi connectivity index (χ4n) is 1.61. The summed E-state index contributed by atoms with van der Waals surface area (Å²) >= 11 is 0. The third kappa shape index (κ3) is 2.65. The number of nitrogens with zero attached hydrogens (tertiary/aromatic N) is 3. The summed E-state index contributed by atoms with van der Waals surface area (Å²) in [6.45, 7) is 1.96. The first-order valence-corrected chi connectivity index (χ1v) is 5.65. The van der Waals surface area contributed by atoms with Gasteiger partial charge in [0.15, 0.2) is 0 Å². The lowest BCUT2D eigenvalue weighted by Crippen LogP contribution is -2.13. The summed E-state index contributed by atoms with van der Waals surface area (Å²) in [6, 6.07) is 3.30. The molecule has 6 nitrogen and oxygen atoms in total. The third-order valence-electron chi connectivity index (χ3n) is 2.49. The number of anilines is 2. The van der Waals surface area contributed by atoms with Gasteiger partial charge in [0.2, 0.25) is 0 Å². The molecule has 0 fully saturated rings. The summed E-state index contributed by atoms with van der Waals surface area (Å²) in [4.78, 5) is 16.1. The van der Waals surface area contributed by atoms with Gasteiger partial charge in [0.1, 0.15) is 5.82 Å². The van der Waals surface area contributed by atoms with Crippen LogP contribution in [0.4, 0.5) is 11.5 Å². The molecule has 3 N–H and O–H groups in total. The Kier molecular flexibility index (Phi) is 3.27. The normalized spacial score (nSPS) is 10.3. The smallest absolute Gasteiger partial charge is 0.255 e. The maximum Gasteiger partial charge on any atom is 0.255 e. The highest BCUT2D eigenvalue weighted by Crippen LogP contribution is 2.11. The van der Waals surface area contributed by atoms with E-state index in [-0.39, 0.29) is 5.91 Å². The van der Waals surface area contributed by atoms with Gasteiger partial charge in [0, 0.05) is 24.5 Å². The Balaban J connectivity index is 2.20. The van der Waals surface area contributed by atoms with Gasteiger partial charge in [-0.3, -0.25) is 9.48 Å². The summed E-state index contributed by atoms with van der Waals surface area (Å²) in [5.74, 6) is 0.137. The highest BCUT2D eigenvalue weighted by atomic mass is 16.1. The first-order valence-electron chi connectivity index (χ1n) is 5.65. The van der Waals surface area contributed by atoms with Gasteiger partial charge in [-0.15, -0.1) is 0 Å². The molecule has 2 rings (SSSR count). The van der Waals surface area contributed by atoms with E-state index in [1.165, 1.54) is 0 Å².